The monoisotopic (exact) mass is 461 g/mol. The minimum Gasteiger partial charge on any atom is -0.486 e. The van der Waals surface area contributed by atoms with Crippen LogP contribution in [0.4, 0.5) is 0 Å². The number of carbonyl (C=O) groups is 1. The van der Waals surface area contributed by atoms with Gasteiger partial charge in [-0.05, 0) is 56.6 Å². The lowest BCUT2D eigenvalue weighted by molar-refractivity contribution is 0.0924. The molecule has 0 aliphatic carbocycles. The molecule has 7 heteroatoms. The molecule has 0 spiro atoms. The second-order valence-electron chi connectivity index (χ2n) is 9.02. The number of aromatic nitrogens is 1. The lowest BCUT2D eigenvalue weighted by Gasteiger charge is -2.31. The van der Waals surface area contributed by atoms with Crippen LogP contribution < -0.4 is 14.8 Å². The van der Waals surface area contributed by atoms with E-state index in [-0.39, 0.29) is 17.6 Å². The van der Waals surface area contributed by atoms with Crippen LogP contribution >= 0.6 is 0 Å². The van der Waals surface area contributed by atoms with Crippen molar-refractivity contribution in [3.8, 4) is 22.8 Å². The molecular formula is C27H31N3O4. The predicted octanol–water partition coefficient (Wildman–Crippen LogP) is 4.77. The number of rotatable bonds is 6. The van der Waals surface area contributed by atoms with Crippen LogP contribution in [0.1, 0.15) is 53.3 Å². The van der Waals surface area contributed by atoms with E-state index in [0.717, 1.165) is 18.7 Å². The van der Waals surface area contributed by atoms with Crippen molar-refractivity contribution in [1.29, 1.82) is 0 Å². The molecule has 3 aromatic rings. The van der Waals surface area contributed by atoms with Gasteiger partial charge < -0.3 is 19.3 Å². The highest BCUT2D eigenvalue weighted by molar-refractivity contribution is 5.93. The van der Waals surface area contributed by atoms with Crippen molar-refractivity contribution in [1.82, 2.24) is 15.4 Å². The second kappa shape index (κ2) is 10.3. The SMILES string of the molecule is Cc1ccc([C@@H](CNC(=O)c2cc(-c3ccc4c(c3)OCCO4)on2)N2CCCCCC2)cc1. The van der Waals surface area contributed by atoms with Gasteiger partial charge in [-0.25, -0.2) is 0 Å². The zero-order valence-corrected chi connectivity index (χ0v) is 19.6. The van der Waals surface area contributed by atoms with Gasteiger partial charge >= 0.3 is 0 Å². The van der Waals surface area contributed by atoms with Crippen LogP contribution in [0.25, 0.3) is 11.3 Å². The maximum absolute atomic E-state index is 13.0. The minimum atomic E-state index is -0.237. The molecule has 2 aliphatic rings. The molecule has 2 aliphatic heterocycles. The van der Waals surface area contributed by atoms with Crippen LogP contribution in [0.2, 0.25) is 0 Å². The summed E-state index contributed by atoms with van der Waals surface area (Å²) < 4.78 is 16.7. The Kier molecular flexibility index (Phi) is 6.81. The summed E-state index contributed by atoms with van der Waals surface area (Å²) in [5, 5.41) is 7.12. The van der Waals surface area contributed by atoms with E-state index in [1.807, 2.05) is 18.2 Å². The number of fused-ring (bicyclic) bond motifs is 1. The highest BCUT2D eigenvalue weighted by Gasteiger charge is 2.23. The number of aryl methyl sites for hydroxylation is 1. The first-order chi connectivity index (χ1) is 16.7. The fraction of sp³-hybridized carbons (Fsp3) is 0.407. The Bertz CT molecular complexity index is 1120. The first-order valence-electron chi connectivity index (χ1n) is 12.1. The minimum absolute atomic E-state index is 0.131. The van der Waals surface area contributed by atoms with Gasteiger partial charge in [-0.1, -0.05) is 47.8 Å². The molecule has 0 saturated carbocycles. The Balaban J connectivity index is 1.29. The molecule has 1 fully saturated rings. The van der Waals surface area contributed by atoms with Crippen LogP contribution in [-0.2, 0) is 0 Å². The molecule has 178 valence electrons. The van der Waals surface area contributed by atoms with Crippen molar-refractivity contribution in [2.75, 3.05) is 32.8 Å². The smallest absolute Gasteiger partial charge is 0.273 e. The number of amides is 1. The molecule has 1 N–H and O–H groups in total. The number of nitrogens with zero attached hydrogens (tertiary/aromatic N) is 2. The van der Waals surface area contributed by atoms with Gasteiger partial charge in [0.15, 0.2) is 23.0 Å². The van der Waals surface area contributed by atoms with Gasteiger partial charge in [0.2, 0.25) is 0 Å². The lowest BCUT2D eigenvalue weighted by atomic mass is 10.0. The zero-order chi connectivity index (χ0) is 23.3. The highest BCUT2D eigenvalue weighted by Crippen LogP contribution is 2.34. The van der Waals surface area contributed by atoms with Crippen LogP contribution in [0, 0.1) is 6.92 Å². The Morgan fingerprint density at radius 1 is 0.971 bits per heavy atom. The third kappa shape index (κ3) is 5.09. The third-order valence-corrected chi connectivity index (χ3v) is 6.57. The predicted molar refractivity (Wildman–Crippen MR) is 129 cm³/mol. The summed E-state index contributed by atoms with van der Waals surface area (Å²) in [6.45, 7) is 5.77. The first-order valence-corrected chi connectivity index (χ1v) is 12.1. The molecular weight excluding hydrogens is 430 g/mol. The van der Waals surface area contributed by atoms with Crippen molar-refractivity contribution in [2.24, 2.45) is 0 Å². The summed E-state index contributed by atoms with van der Waals surface area (Å²) in [7, 11) is 0. The number of ether oxygens (including phenoxy) is 2. The van der Waals surface area contributed by atoms with Gasteiger partial charge in [0.25, 0.3) is 5.91 Å². The Morgan fingerprint density at radius 3 is 2.47 bits per heavy atom. The van der Waals surface area contributed by atoms with E-state index >= 15 is 0 Å². The van der Waals surface area contributed by atoms with Crippen molar-refractivity contribution < 1.29 is 18.8 Å². The van der Waals surface area contributed by atoms with E-state index in [4.69, 9.17) is 14.0 Å². The fourth-order valence-electron chi connectivity index (χ4n) is 4.65. The van der Waals surface area contributed by atoms with E-state index in [9.17, 15) is 4.79 Å². The van der Waals surface area contributed by atoms with Gasteiger partial charge in [-0.2, -0.15) is 0 Å². The van der Waals surface area contributed by atoms with E-state index in [1.54, 1.807) is 6.07 Å². The third-order valence-electron chi connectivity index (χ3n) is 6.57. The van der Waals surface area contributed by atoms with E-state index in [0.29, 0.717) is 37.0 Å². The van der Waals surface area contributed by atoms with Gasteiger partial charge in [0, 0.05) is 18.2 Å². The maximum Gasteiger partial charge on any atom is 0.273 e. The van der Waals surface area contributed by atoms with E-state index in [1.165, 1.54) is 36.8 Å². The van der Waals surface area contributed by atoms with Gasteiger partial charge in [-0.3, -0.25) is 9.69 Å². The standard InChI is InChI=1S/C27H31N3O4/c1-19-6-8-20(9-7-19)23(30-12-4-2-3-5-13-30)18-28-27(31)22-17-25(34-29-22)21-10-11-24-26(16-21)33-15-14-32-24/h6-11,16-17,23H,2-5,12-15,18H2,1H3,(H,28,31)/t23-/m1/s1. The average Bonchev–Trinajstić information content (AvgIpc) is 3.22. The van der Waals surface area contributed by atoms with Crippen molar-refractivity contribution >= 4 is 5.91 Å². The summed E-state index contributed by atoms with van der Waals surface area (Å²) in [4.78, 5) is 15.5. The summed E-state index contributed by atoms with van der Waals surface area (Å²) >= 11 is 0. The molecule has 1 aromatic heterocycles. The van der Waals surface area contributed by atoms with E-state index < -0.39 is 0 Å². The normalized spacial score (nSPS) is 17.1. The van der Waals surface area contributed by atoms with Crippen LogP contribution in [0.15, 0.2) is 53.1 Å². The highest BCUT2D eigenvalue weighted by atomic mass is 16.6. The van der Waals surface area contributed by atoms with Crippen LogP contribution in [-0.4, -0.2) is 48.8 Å². The quantitative estimate of drug-likeness (QED) is 0.570. The molecule has 1 amide bonds. The molecule has 0 bridgehead atoms. The second-order valence-corrected chi connectivity index (χ2v) is 9.02. The molecule has 7 nitrogen and oxygen atoms in total. The topological polar surface area (TPSA) is 76.8 Å². The summed E-state index contributed by atoms with van der Waals surface area (Å²) in [6.07, 6.45) is 4.92. The summed E-state index contributed by atoms with van der Waals surface area (Å²) in [6, 6.07) is 16.0. The molecule has 34 heavy (non-hydrogen) atoms. The molecule has 1 atom stereocenters. The summed E-state index contributed by atoms with van der Waals surface area (Å²) in [5.41, 5.74) is 3.52. The Morgan fingerprint density at radius 2 is 1.71 bits per heavy atom. The largest absolute Gasteiger partial charge is 0.486 e. The van der Waals surface area contributed by atoms with Crippen LogP contribution in [0.5, 0.6) is 11.5 Å². The zero-order valence-electron chi connectivity index (χ0n) is 19.6. The van der Waals surface area contributed by atoms with Crippen molar-refractivity contribution in [3.05, 3.63) is 65.4 Å². The number of benzene rings is 2. The van der Waals surface area contributed by atoms with Gasteiger partial charge in [-0.15, -0.1) is 0 Å². The molecule has 0 unspecified atom stereocenters. The number of nitrogens with one attached hydrogen (secondary N) is 1. The molecule has 5 rings (SSSR count). The molecule has 3 heterocycles. The van der Waals surface area contributed by atoms with Crippen molar-refractivity contribution in [2.45, 2.75) is 38.6 Å². The Labute approximate surface area is 200 Å². The number of carbonyl (C=O) groups excluding carboxylic acids is 1. The molecule has 0 radical (unpaired) electrons. The van der Waals surface area contributed by atoms with Gasteiger partial charge in [0.1, 0.15) is 13.2 Å². The maximum atomic E-state index is 13.0. The van der Waals surface area contributed by atoms with Crippen LogP contribution in [0.3, 0.4) is 0 Å². The van der Waals surface area contributed by atoms with E-state index in [2.05, 4.69) is 46.6 Å². The number of likely N-dealkylation sites (tertiary alicyclic amines) is 1. The molecule has 1 saturated heterocycles. The van der Waals surface area contributed by atoms with Gasteiger partial charge in [0.05, 0.1) is 6.04 Å². The Hall–Kier alpha value is -3.32. The average molecular weight is 462 g/mol. The summed E-state index contributed by atoms with van der Waals surface area (Å²) in [5.74, 6) is 1.66. The lowest BCUT2D eigenvalue weighted by Crippen LogP contribution is -2.38. The first kappa shape index (κ1) is 22.5. The fourth-order valence-corrected chi connectivity index (χ4v) is 4.65. The molecule has 2 aromatic carbocycles. The number of hydrogen-bond donors (Lipinski definition) is 1. The number of hydrogen-bond acceptors (Lipinski definition) is 6. The van der Waals surface area contributed by atoms with Crippen molar-refractivity contribution in [3.63, 3.8) is 0 Å².